The van der Waals surface area contributed by atoms with Crippen LogP contribution in [0.25, 0.3) is 0 Å². The summed E-state index contributed by atoms with van der Waals surface area (Å²) in [4.78, 5) is 49.2. The van der Waals surface area contributed by atoms with Crippen LogP contribution in [0.4, 0.5) is 5.13 Å². The molecule has 0 bridgehead atoms. The number of halogens is 1. The summed E-state index contributed by atoms with van der Waals surface area (Å²) in [5, 5.41) is 17.4. The van der Waals surface area contributed by atoms with E-state index in [2.05, 4.69) is 31.4 Å². The highest BCUT2D eigenvalue weighted by Gasteiger charge is 2.54. The first kappa shape index (κ1) is 23.6. The lowest BCUT2D eigenvalue weighted by atomic mass is 10.0. The van der Waals surface area contributed by atoms with Crippen LogP contribution in [-0.4, -0.2) is 62.8 Å². The van der Waals surface area contributed by atoms with Crippen molar-refractivity contribution in [3.8, 4) is 0 Å². The Labute approximate surface area is 208 Å². The van der Waals surface area contributed by atoms with Gasteiger partial charge in [0.1, 0.15) is 29.9 Å². The number of anilines is 1. The van der Waals surface area contributed by atoms with Gasteiger partial charge in [-0.25, -0.2) is 9.78 Å². The first-order chi connectivity index (χ1) is 15.8. The zero-order chi connectivity index (χ0) is 23.7. The molecule has 0 radical (unpaired) electrons. The second kappa shape index (κ2) is 9.75. The molecule has 33 heavy (non-hydrogen) atoms. The van der Waals surface area contributed by atoms with Gasteiger partial charge in [0.25, 0.3) is 11.8 Å². The largest absolute Gasteiger partial charge is 0.477 e. The maximum absolute atomic E-state index is 12.9. The minimum absolute atomic E-state index is 0.0759. The minimum Gasteiger partial charge on any atom is -0.477 e. The maximum Gasteiger partial charge on any atom is 0.353 e. The summed E-state index contributed by atoms with van der Waals surface area (Å²) < 4.78 is 0.826. The van der Waals surface area contributed by atoms with Gasteiger partial charge in [-0.15, -0.1) is 23.1 Å². The molecule has 1 aromatic heterocycles. The minimum atomic E-state index is -1.20. The first-order valence-corrected chi connectivity index (χ1v) is 12.8. The molecule has 4 N–H and O–H groups in total. The summed E-state index contributed by atoms with van der Waals surface area (Å²) >= 11 is 7.26. The van der Waals surface area contributed by atoms with Gasteiger partial charge in [0.2, 0.25) is 0 Å². The number of aliphatic carboxylic acids is 1. The number of nitrogen functional groups attached to an aromatic ring is 1. The van der Waals surface area contributed by atoms with Crippen LogP contribution in [0.15, 0.2) is 54.8 Å². The highest BCUT2D eigenvalue weighted by Crippen LogP contribution is 2.46. The molecule has 4 rings (SSSR count). The number of amides is 2. The summed E-state index contributed by atoms with van der Waals surface area (Å²) in [7, 11) is 1.28. The molecule has 2 aliphatic rings. The standard InChI is InChI=1S/C19H16BrN5O5S3/c1-30-24-12(9-6-32-19(21)22-9)15(26)23-13-16(27)25-14(18(28)29)11(7-31-17(13)25)33-10-5-3-2-4-8(10)20/h2-6,13,17H,7H2,1H3,(H2,21,22)(H,23,26)(H,28,29)/b24-12-/t13-,17-/m1/s1. The van der Waals surface area contributed by atoms with Crippen LogP contribution in [0.5, 0.6) is 0 Å². The van der Waals surface area contributed by atoms with E-state index < -0.39 is 29.2 Å². The third-order valence-corrected chi connectivity index (χ3v) is 8.90. The molecule has 1 saturated heterocycles. The zero-order valence-corrected chi connectivity index (χ0v) is 20.9. The van der Waals surface area contributed by atoms with Crippen LogP contribution in [-0.2, 0) is 19.2 Å². The number of carbonyl (C=O) groups is 3. The number of fused-ring (bicyclic) bond motifs is 1. The number of nitrogens with zero attached hydrogens (tertiary/aromatic N) is 3. The second-order valence-corrected chi connectivity index (χ2v) is 10.6. The lowest BCUT2D eigenvalue weighted by Crippen LogP contribution is -2.71. The molecule has 2 atom stereocenters. The van der Waals surface area contributed by atoms with Crippen molar-refractivity contribution in [2.45, 2.75) is 16.3 Å². The van der Waals surface area contributed by atoms with E-state index in [1.165, 1.54) is 35.5 Å². The number of benzene rings is 1. The number of oxime groups is 1. The topological polar surface area (TPSA) is 147 Å². The van der Waals surface area contributed by atoms with Gasteiger partial charge < -0.3 is 21.0 Å². The summed E-state index contributed by atoms with van der Waals surface area (Å²) in [6, 6.07) is 6.52. The third kappa shape index (κ3) is 4.60. The molecule has 1 aromatic carbocycles. The Bertz CT molecular complexity index is 1200. The van der Waals surface area contributed by atoms with E-state index in [9.17, 15) is 19.5 Å². The van der Waals surface area contributed by atoms with Gasteiger partial charge in [0, 0.05) is 25.4 Å². The molecule has 10 nitrogen and oxygen atoms in total. The van der Waals surface area contributed by atoms with Crippen LogP contribution in [0.2, 0.25) is 0 Å². The molecular weight excluding hydrogens is 554 g/mol. The van der Waals surface area contributed by atoms with E-state index in [0.29, 0.717) is 10.7 Å². The van der Waals surface area contributed by atoms with E-state index in [-0.39, 0.29) is 22.2 Å². The summed E-state index contributed by atoms with van der Waals surface area (Å²) in [6.07, 6.45) is 0. The van der Waals surface area contributed by atoms with Crippen molar-refractivity contribution in [3.05, 3.63) is 50.4 Å². The number of nitrogens with two attached hydrogens (primary N) is 1. The van der Waals surface area contributed by atoms with Gasteiger partial charge in [-0.3, -0.25) is 14.5 Å². The molecule has 3 heterocycles. The molecule has 0 spiro atoms. The lowest BCUT2D eigenvalue weighted by Gasteiger charge is -2.49. The molecule has 0 unspecified atom stereocenters. The van der Waals surface area contributed by atoms with Crippen molar-refractivity contribution in [2.75, 3.05) is 18.6 Å². The average Bonchev–Trinajstić information content (AvgIpc) is 3.22. The Kier molecular flexibility index (Phi) is 6.97. The lowest BCUT2D eigenvalue weighted by molar-refractivity contribution is -0.150. The van der Waals surface area contributed by atoms with Crippen molar-refractivity contribution in [3.63, 3.8) is 0 Å². The molecule has 2 aliphatic heterocycles. The van der Waals surface area contributed by atoms with E-state index >= 15 is 0 Å². The Balaban J connectivity index is 1.54. The molecule has 2 aromatic rings. The van der Waals surface area contributed by atoms with E-state index in [1.807, 2.05) is 24.3 Å². The fraction of sp³-hybridized carbons (Fsp3) is 0.211. The van der Waals surface area contributed by atoms with E-state index in [0.717, 1.165) is 20.7 Å². The SMILES string of the molecule is CO/N=C(\C(=O)N[C@@H]1C(=O)N2C(C(=O)O)=C(Sc3ccccc3Br)CS[C@H]12)c1csc(N)n1. The van der Waals surface area contributed by atoms with Gasteiger partial charge in [0.05, 0.1) is 0 Å². The normalized spacial score (nSPS) is 20.2. The molecule has 0 saturated carbocycles. The van der Waals surface area contributed by atoms with Gasteiger partial charge >= 0.3 is 5.97 Å². The maximum atomic E-state index is 12.9. The van der Waals surface area contributed by atoms with Crippen LogP contribution >= 0.6 is 50.8 Å². The number of thiazole rings is 1. The number of β-lactam (4-membered cyclic amide) rings is 1. The monoisotopic (exact) mass is 569 g/mol. The number of hydrogen-bond donors (Lipinski definition) is 3. The molecule has 0 aliphatic carbocycles. The van der Waals surface area contributed by atoms with Gasteiger partial charge in [0.15, 0.2) is 10.8 Å². The van der Waals surface area contributed by atoms with Crippen molar-refractivity contribution in [2.24, 2.45) is 5.16 Å². The molecule has 14 heteroatoms. The Morgan fingerprint density at radius 2 is 2.18 bits per heavy atom. The molecule has 2 amide bonds. The van der Waals surface area contributed by atoms with Crippen molar-refractivity contribution < 1.29 is 24.3 Å². The predicted molar refractivity (Wildman–Crippen MR) is 130 cm³/mol. The Hall–Kier alpha value is -2.55. The summed E-state index contributed by atoms with van der Waals surface area (Å²) in [6.45, 7) is 0. The Morgan fingerprint density at radius 1 is 1.42 bits per heavy atom. The predicted octanol–water partition coefficient (Wildman–Crippen LogP) is 2.33. The van der Waals surface area contributed by atoms with E-state index in [4.69, 9.17) is 10.6 Å². The Morgan fingerprint density at radius 3 is 2.82 bits per heavy atom. The molecule has 172 valence electrons. The highest BCUT2D eigenvalue weighted by molar-refractivity contribution is 9.10. The quantitative estimate of drug-likeness (QED) is 0.259. The summed E-state index contributed by atoms with van der Waals surface area (Å²) in [5.41, 5.74) is 5.65. The number of aromatic nitrogens is 1. The molecule has 1 fully saturated rings. The number of carboxylic acids is 1. The van der Waals surface area contributed by atoms with Gasteiger partial charge in [-0.2, -0.15) is 0 Å². The number of carbonyl (C=O) groups excluding carboxylic acids is 2. The van der Waals surface area contributed by atoms with Crippen LogP contribution < -0.4 is 11.1 Å². The van der Waals surface area contributed by atoms with Crippen LogP contribution in [0, 0.1) is 0 Å². The highest BCUT2D eigenvalue weighted by atomic mass is 79.9. The number of thioether (sulfide) groups is 2. The van der Waals surface area contributed by atoms with Crippen molar-refractivity contribution >= 4 is 79.4 Å². The number of rotatable bonds is 7. The van der Waals surface area contributed by atoms with Crippen molar-refractivity contribution in [1.29, 1.82) is 0 Å². The fourth-order valence-electron chi connectivity index (χ4n) is 3.23. The van der Waals surface area contributed by atoms with Crippen molar-refractivity contribution in [1.82, 2.24) is 15.2 Å². The van der Waals surface area contributed by atoms with Crippen LogP contribution in [0.1, 0.15) is 5.69 Å². The first-order valence-electron chi connectivity index (χ1n) is 9.28. The third-order valence-electron chi connectivity index (χ3n) is 4.65. The zero-order valence-electron chi connectivity index (χ0n) is 16.9. The molecular formula is C19H16BrN5O5S3. The van der Waals surface area contributed by atoms with Gasteiger partial charge in [-0.1, -0.05) is 29.1 Å². The summed E-state index contributed by atoms with van der Waals surface area (Å²) in [5.74, 6) is -2.02. The number of hydrogen-bond acceptors (Lipinski definition) is 10. The second-order valence-electron chi connectivity index (χ2n) is 6.66. The van der Waals surface area contributed by atoms with Crippen LogP contribution in [0.3, 0.4) is 0 Å². The van der Waals surface area contributed by atoms with Gasteiger partial charge in [-0.05, 0) is 28.1 Å². The van der Waals surface area contributed by atoms with E-state index in [1.54, 1.807) is 5.38 Å². The number of nitrogens with one attached hydrogen (secondary N) is 1. The smallest absolute Gasteiger partial charge is 0.353 e. The number of carboxylic acid groups (broad SMARTS) is 1. The average molecular weight is 570 g/mol. The fourth-order valence-corrected chi connectivity index (χ4v) is 6.80.